The largest absolute Gasteiger partial charge is 0.543 e. The summed E-state index contributed by atoms with van der Waals surface area (Å²) in [5.41, 5.74) is 6.29. The molecule has 0 saturated carbocycles. The average molecular weight is 506 g/mol. The minimum Gasteiger partial charge on any atom is -0.543 e. The lowest BCUT2D eigenvalue weighted by atomic mass is 10.0. The first kappa shape index (κ1) is 23.6. The Morgan fingerprint density at radius 3 is 2.76 bits per heavy atom. The molecule has 2 aromatic heterocycles. The molecule has 4 N–H and O–H groups in total. The Morgan fingerprint density at radius 2 is 2.18 bits per heavy atom. The Balaban J connectivity index is 1.52. The van der Waals surface area contributed by atoms with Crippen LogP contribution in [0.5, 0.6) is 0 Å². The van der Waals surface area contributed by atoms with E-state index in [4.69, 9.17) is 5.73 Å². The summed E-state index contributed by atoms with van der Waals surface area (Å²) >= 11 is 2.18. The maximum absolute atomic E-state index is 12.9. The Labute approximate surface area is 201 Å². The monoisotopic (exact) mass is 505 g/mol. The standard InChI is InChI=1S/C19H19N7O6S2/c1-32-23-11(14-22-19(20)34-24-14)15(28)21-12-16(29)26-13(18(30)31)10(8-33-17(12)26)6-25-4-2-9(7-27)3-5-25/h2-5,12,17,27H,6-8H2,1H3,(H3-,20,21,22,24,28,30,31)/b23-11-/t12-,17-/m1/s1. The van der Waals surface area contributed by atoms with Crippen molar-refractivity contribution in [2.45, 2.75) is 24.6 Å². The van der Waals surface area contributed by atoms with Crippen molar-refractivity contribution in [3.63, 3.8) is 0 Å². The van der Waals surface area contributed by atoms with Crippen LogP contribution < -0.4 is 20.7 Å². The number of nitrogens with zero attached hydrogens (tertiary/aromatic N) is 5. The Bertz CT molecular complexity index is 1200. The van der Waals surface area contributed by atoms with E-state index in [1.165, 1.54) is 18.9 Å². The summed E-state index contributed by atoms with van der Waals surface area (Å²) in [6.07, 6.45) is 3.41. The van der Waals surface area contributed by atoms with E-state index in [9.17, 15) is 24.6 Å². The summed E-state index contributed by atoms with van der Waals surface area (Å²) in [6.45, 7) is 0.112. The molecule has 2 aliphatic heterocycles. The molecule has 178 valence electrons. The van der Waals surface area contributed by atoms with E-state index in [-0.39, 0.29) is 35.5 Å². The third-order valence-corrected chi connectivity index (χ3v) is 6.98. The first-order chi connectivity index (χ1) is 16.3. The number of oxime groups is 1. The van der Waals surface area contributed by atoms with Crippen molar-refractivity contribution in [2.24, 2.45) is 5.16 Å². The van der Waals surface area contributed by atoms with Gasteiger partial charge in [-0.3, -0.25) is 14.5 Å². The van der Waals surface area contributed by atoms with E-state index in [0.29, 0.717) is 16.9 Å². The average Bonchev–Trinajstić information content (AvgIpc) is 3.26. The second kappa shape index (κ2) is 9.74. The molecule has 2 amide bonds. The number of hydrogen-bond acceptors (Lipinski definition) is 12. The number of nitrogen functional groups attached to an aromatic ring is 1. The normalized spacial score (nSPS) is 20.0. The maximum Gasteiger partial charge on any atom is 0.278 e. The van der Waals surface area contributed by atoms with Gasteiger partial charge >= 0.3 is 0 Å². The number of amides is 2. The van der Waals surface area contributed by atoms with Gasteiger partial charge in [0.2, 0.25) is 11.5 Å². The molecule has 0 aliphatic carbocycles. The fraction of sp³-hybridized carbons (Fsp3) is 0.316. The molecular weight excluding hydrogens is 486 g/mol. The van der Waals surface area contributed by atoms with Crippen molar-refractivity contribution in [3.8, 4) is 0 Å². The van der Waals surface area contributed by atoms with Crippen molar-refractivity contribution in [1.29, 1.82) is 0 Å². The molecule has 2 atom stereocenters. The number of carboxylic acids is 1. The number of aliphatic carboxylic acids is 1. The van der Waals surface area contributed by atoms with Crippen LogP contribution in [0.1, 0.15) is 11.4 Å². The number of pyridine rings is 1. The summed E-state index contributed by atoms with van der Waals surface area (Å²) < 4.78 is 5.67. The van der Waals surface area contributed by atoms with Gasteiger partial charge in [-0.1, -0.05) is 5.16 Å². The zero-order valence-electron chi connectivity index (χ0n) is 17.7. The number of aromatic nitrogens is 3. The first-order valence-corrected chi connectivity index (χ1v) is 11.6. The highest BCUT2D eigenvalue weighted by molar-refractivity contribution is 8.00. The van der Waals surface area contributed by atoms with Gasteiger partial charge < -0.3 is 30.9 Å². The van der Waals surface area contributed by atoms with Gasteiger partial charge in [-0.05, 0) is 5.56 Å². The maximum atomic E-state index is 12.9. The Kier molecular flexibility index (Phi) is 6.76. The van der Waals surface area contributed by atoms with Crippen molar-refractivity contribution >= 4 is 51.9 Å². The summed E-state index contributed by atoms with van der Waals surface area (Å²) in [5, 5.41) is 26.8. The van der Waals surface area contributed by atoms with E-state index in [0.717, 1.165) is 16.4 Å². The molecule has 34 heavy (non-hydrogen) atoms. The molecule has 1 saturated heterocycles. The highest BCUT2D eigenvalue weighted by Gasteiger charge is 2.53. The quantitative estimate of drug-likeness (QED) is 0.148. The summed E-state index contributed by atoms with van der Waals surface area (Å²) in [6, 6.07) is 2.44. The number of nitrogens with one attached hydrogen (secondary N) is 1. The lowest BCUT2D eigenvalue weighted by Crippen LogP contribution is -2.71. The number of thioether (sulfide) groups is 1. The molecule has 2 aromatic rings. The number of hydrogen-bond donors (Lipinski definition) is 3. The number of aliphatic hydroxyl groups excluding tert-OH is 1. The molecular formula is C19H19N7O6S2. The molecule has 2 aliphatic rings. The topological polar surface area (TPSA) is 187 Å². The van der Waals surface area contributed by atoms with Crippen LogP contribution in [0.25, 0.3) is 0 Å². The summed E-state index contributed by atoms with van der Waals surface area (Å²) in [4.78, 5) is 47.3. The Hall–Kier alpha value is -3.56. The molecule has 0 bridgehead atoms. The van der Waals surface area contributed by atoms with Crippen molar-refractivity contribution in [1.82, 2.24) is 19.6 Å². The van der Waals surface area contributed by atoms with Crippen LogP contribution in [-0.2, 0) is 32.4 Å². The molecule has 1 fully saturated rings. The van der Waals surface area contributed by atoms with Crippen LogP contribution in [0.15, 0.2) is 41.0 Å². The smallest absolute Gasteiger partial charge is 0.278 e. The predicted octanol–water partition coefficient (Wildman–Crippen LogP) is -2.65. The molecule has 4 heterocycles. The number of carbonyl (C=O) groups excluding carboxylic acids is 3. The zero-order valence-corrected chi connectivity index (χ0v) is 19.3. The van der Waals surface area contributed by atoms with E-state index in [2.05, 4.69) is 24.7 Å². The molecule has 0 radical (unpaired) electrons. The molecule has 4 rings (SSSR count). The van der Waals surface area contributed by atoms with Crippen LogP contribution in [0, 0.1) is 0 Å². The van der Waals surface area contributed by atoms with E-state index >= 15 is 0 Å². The van der Waals surface area contributed by atoms with Gasteiger partial charge in [0.15, 0.2) is 24.1 Å². The first-order valence-electron chi connectivity index (χ1n) is 9.82. The van der Waals surface area contributed by atoms with Crippen LogP contribution >= 0.6 is 23.3 Å². The van der Waals surface area contributed by atoms with Crippen LogP contribution in [0.4, 0.5) is 5.13 Å². The molecule has 13 nitrogen and oxygen atoms in total. The number of β-lactam (4-membered cyclic amide) rings is 1. The van der Waals surface area contributed by atoms with Crippen molar-refractivity contribution < 1.29 is 34.0 Å². The van der Waals surface area contributed by atoms with Gasteiger partial charge in [-0.25, -0.2) is 4.57 Å². The minimum absolute atomic E-state index is 0.0522. The molecule has 0 unspecified atom stereocenters. The number of rotatable bonds is 8. The molecule has 0 aromatic carbocycles. The fourth-order valence-electron chi connectivity index (χ4n) is 3.53. The number of fused-ring (bicyclic) bond motifs is 1. The Morgan fingerprint density at radius 1 is 1.44 bits per heavy atom. The number of carboxylic acid groups (broad SMARTS) is 1. The van der Waals surface area contributed by atoms with Gasteiger partial charge in [0.25, 0.3) is 11.8 Å². The summed E-state index contributed by atoms with van der Waals surface area (Å²) in [7, 11) is 1.24. The van der Waals surface area contributed by atoms with E-state index < -0.39 is 29.2 Å². The van der Waals surface area contributed by atoms with Crippen LogP contribution in [0.2, 0.25) is 0 Å². The van der Waals surface area contributed by atoms with Gasteiger partial charge in [0.1, 0.15) is 18.5 Å². The third kappa shape index (κ3) is 4.44. The second-order valence-corrected chi connectivity index (χ2v) is 9.10. The molecule has 15 heteroatoms. The predicted molar refractivity (Wildman–Crippen MR) is 117 cm³/mol. The number of nitrogens with two attached hydrogens (primary N) is 1. The highest BCUT2D eigenvalue weighted by Crippen LogP contribution is 2.40. The van der Waals surface area contributed by atoms with Gasteiger partial charge in [-0.15, -0.1) is 11.8 Å². The fourth-order valence-corrected chi connectivity index (χ4v) is 5.30. The van der Waals surface area contributed by atoms with Crippen molar-refractivity contribution in [2.75, 3.05) is 18.6 Å². The van der Waals surface area contributed by atoms with Crippen LogP contribution in [0.3, 0.4) is 0 Å². The molecule has 0 spiro atoms. The zero-order chi connectivity index (χ0) is 24.4. The van der Waals surface area contributed by atoms with E-state index in [1.54, 1.807) is 29.1 Å². The minimum atomic E-state index is -1.48. The number of aliphatic hydroxyl groups is 1. The van der Waals surface area contributed by atoms with Gasteiger partial charge in [-0.2, -0.15) is 9.36 Å². The lowest BCUT2D eigenvalue weighted by Gasteiger charge is -2.50. The second-order valence-electron chi connectivity index (χ2n) is 7.22. The third-order valence-electron chi connectivity index (χ3n) is 5.09. The summed E-state index contributed by atoms with van der Waals surface area (Å²) in [5.74, 6) is -2.58. The number of carbonyl (C=O) groups is 3. The van der Waals surface area contributed by atoms with E-state index in [1.807, 2.05) is 0 Å². The SMILES string of the molecule is CO/N=C(\C(=O)N[C@@H]1C(=O)N2C(C(=O)[O-])=C(C[n+]3ccc(CO)cc3)CS[C@H]12)c1nsc(N)n1. The number of anilines is 1. The van der Waals surface area contributed by atoms with Crippen LogP contribution in [-0.4, -0.2) is 67.1 Å². The van der Waals surface area contributed by atoms with Gasteiger partial charge in [0.05, 0.1) is 18.3 Å². The van der Waals surface area contributed by atoms with Gasteiger partial charge in [0, 0.05) is 35.0 Å². The highest BCUT2D eigenvalue weighted by atomic mass is 32.2. The van der Waals surface area contributed by atoms with Crippen molar-refractivity contribution in [3.05, 3.63) is 47.2 Å². The lowest BCUT2D eigenvalue weighted by molar-refractivity contribution is -0.689.